The van der Waals surface area contributed by atoms with Gasteiger partial charge in [-0.25, -0.2) is 0 Å². The molecule has 0 radical (unpaired) electrons. The number of aryl methyl sites for hydroxylation is 1. The van der Waals surface area contributed by atoms with Crippen molar-refractivity contribution in [1.82, 2.24) is 5.43 Å². The second-order valence-corrected chi connectivity index (χ2v) is 7.20. The van der Waals surface area contributed by atoms with Gasteiger partial charge >= 0.3 is 5.69 Å². The van der Waals surface area contributed by atoms with E-state index in [4.69, 9.17) is 21.7 Å². The Labute approximate surface area is 191 Å². The summed E-state index contributed by atoms with van der Waals surface area (Å²) in [5.41, 5.74) is 5.73. The zero-order chi connectivity index (χ0) is 22.9. The molecule has 3 rings (SSSR count). The fourth-order valence-electron chi connectivity index (χ4n) is 2.80. The quantitative estimate of drug-likeness (QED) is 0.220. The van der Waals surface area contributed by atoms with Crippen molar-refractivity contribution in [3.63, 3.8) is 0 Å². The normalized spacial score (nSPS) is 10.6. The van der Waals surface area contributed by atoms with E-state index in [-0.39, 0.29) is 28.9 Å². The first-order chi connectivity index (χ1) is 15.5. The molecular formula is C23H22N4O4S. The number of nitro groups is 1. The summed E-state index contributed by atoms with van der Waals surface area (Å²) in [6.45, 7) is 2.16. The van der Waals surface area contributed by atoms with Crippen molar-refractivity contribution in [2.24, 2.45) is 5.10 Å². The van der Waals surface area contributed by atoms with Gasteiger partial charge in [0, 0.05) is 17.3 Å². The highest BCUT2D eigenvalue weighted by Gasteiger charge is 2.22. The van der Waals surface area contributed by atoms with Crippen molar-refractivity contribution in [2.45, 2.75) is 13.5 Å². The lowest BCUT2D eigenvalue weighted by molar-refractivity contribution is -0.386. The van der Waals surface area contributed by atoms with Gasteiger partial charge in [-0.2, -0.15) is 5.10 Å². The molecular weight excluding hydrogens is 428 g/mol. The average molecular weight is 451 g/mol. The van der Waals surface area contributed by atoms with Crippen LogP contribution in [-0.2, 0) is 6.61 Å². The summed E-state index contributed by atoms with van der Waals surface area (Å²) < 4.78 is 11.1. The summed E-state index contributed by atoms with van der Waals surface area (Å²) in [4.78, 5) is 11.1. The van der Waals surface area contributed by atoms with Crippen LogP contribution in [0.15, 0.2) is 71.8 Å². The average Bonchev–Trinajstić information content (AvgIpc) is 2.79. The maximum atomic E-state index is 11.7. The number of nitrogens with one attached hydrogen (secondary N) is 2. The molecule has 0 saturated carbocycles. The Morgan fingerprint density at radius 1 is 1.16 bits per heavy atom. The van der Waals surface area contributed by atoms with Crippen LogP contribution in [0.4, 0.5) is 11.4 Å². The molecule has 8 nitrogen and oxygen atoms in total. The van der Waals surface area contributed by atoms with Crippen LogP contribution in [-0.4, -0.2) is 23.4 Å². The third-order valence-corrected chi connectivity index (χ3v) is 4.58. The highest BCUT2D eigenvalue weighted by molar-refractivity contribution is 7.80. The number of thiocarbonyl (C=S) groups is 1. The standard InChI is InChI=1S/C23H22N4O4S/c1-16-8-10-17(11-9-16)15-31-22-20(27(28)29)12-18(13-21(22)30-2)14-24-26-23(32)25-19-6-4-3-5-7-19/h3-14H,15H2,1-2H3,(H2,25,26,32)/b24-14+. The highest BCUT2D eigenvalue weighted by Crippen LogP contribution is 2.38. The molecule has 3 aromatic carbocycles. The number of nitrogens with zero attached hydrogens (tertiary/aromatic N) is 2. The molecule has 2 N–H and O–H groups in total. The van der Waals surface area contributed by atoms with Crippen LogP contribution in [0.5, 0.6) is 11.5 Å². The van der Waals surface area contributed by atoms with E-state index in [0.717, 1.165) is 16.8 Å². The van der Waals surface area contributed by atoms with Crippen LogP contribution in [0, 0.1) is 17.0 Å². The predicted molar refractivity (Wildman–Crippen MR) is 129 cm³/mol. The third-order valence-electron chi connectivity index (χ3n) is 4.39. The number of nitro benzene ring substituents is 1. The van der Waals surface area contributed by atoms with E-state index in [1.807, 2.05) is 61.5 Å². The Morgan fingerprint density at radius 2 is 1.88 bits per heavy atom. The topological polar surface area (TPSA) is 98.0 Å². The number of anilines is 1. The van der Waals surface area contributed by atoms with Gasteiger partial charge in [-0.05, 0) is 42.9 Å². The molecule has 32 heavy (non-hydrogen) atoms. The van der Waals surface area contributed by atoms with Gasteiger partial charge in [0.1, 0.15) is 6.61 Å². The maximum absolute atomic E-state index is 11.7. The second-order valence-electron chi connectivity index (χ2n) is 6.79. The zero-order valence-electron chi connectivity index (χ0n) is 17.6. The first-order valence-corrected chi connectivity index (χ1v) is 10.1. The van der Waals surface area contributed by atoms with Gasteiger partial charge in [0.25, 0.3) is 0 Å². The van der Waals surface area contributed by atoms with Crippen LogP contribution < -0.4 is 20.2 Å². The molecule has 0 bridgehead atoms. The fraction of sp³-hybridized carbons (Fsp3) is 0.130. The number of hydrazone groups is 1. The highest BCUT2D eigenvalue weighted by atomic mass is 32.1. The first kappa shape index (κ1) is 22.7. The monoisotopic (exact) mass is 450 g/mol. The minimum atomic E-state index is -0.515. The molecule has 0 amide bonds. The van der Waals surface area contributed by atoms with Gasteiger partial charge in [0.2, 0.25) is 5.75 Å². The number of ether oxygens (including phenoxy) is 2. The largest absolute Gasteiger partial charge is 0.493 e. The summed E-state index contributed by atoms with van der Waals surface area (Å²) in [6.07, 6.45) is 1.41. The van der Waals surface area contributed by atoms with Gasteiger partial charge in [-0.15, -0.1) is 0 Å². The molecule has 9 heteroatoms. The molecule has 0 aliphatic rings. The Hall–Kier alpha value is -3.98. The fourth-order valence-corrected chi connectivity index (χ4v) is 2.97. The van der Waals surface area contributed by atoms with Crippen molar-refractivity contribution in [3.8, 4) is 11.5 Å². The zero-order valence-corrected chi connectivity index (χ0v) is 18.4. The van der Waals surface area contributed by atoms with Crippen molar-refractivity contribution in [1.29, 1.82) is 0 Å². The van der Waals surface area contributed by atoms with Crippen LogP contribution in [0.1, 0.15) is 16.7 Å². The van der Waals surface area contributed by atoms with E-state index in [1.165, 1.54) is 19.4 Å². The van der Waals surface area contributed by atoms with Gasteiger partial charge in [0.05, 0.1) is 18.2 Å². The van der Waals surface area contributed by atoms with Crippen molar-refractivity contribution >= 4 is 34.9 Å². The minimum Gasteiger partial charge on any atom is -0.493 e. The van der Waals surface area contributed by atoms with Crippen molar-refractivity contribution in [2.75, 3.05) is 12.4 Å². The summed E-state index contributed by atoms with van der Waals surface area (Å²) in [5.74, 6) is 0.294. The molecule has 0 aromatic heterocycles. The SMILES string of the molecule is COc1cc(/C=N/NC(=S)Nc2ccccc2)cc([N+](=O)[O-])c1OCc1ccc(C)cc1. The van der Waals surface area contributed by atoms with Gasteiger partial charge < -0.3 is 14.8 Å². The lowest BCUT2D eigenvalue weighted by Gasteiger charge is -2.12. The predicted octanol–water partition coefficient (Wildman–Crippen LogP) is 4.81. The Kier molecular flexibility index (Phi) is 7.71. The van der Waals surface area contributed by atoms with Crippen LogP contribution in [0.3, 0.4) is 0 Å². The van der Waals surface area contributed by atoms with Gasteiger partial charge in [-0.1, -0.05) is 48.0 Å². The Balaban J connectivity index is 1.73. The van der Waals surface area contributed by atoms with E-state index in [1.54, 1.807) is 6.07 Å². The van der Waals surface area contributed by atoms with Gasteiger partial charge in [-0.3, -0.25) is 15.5 Å². The number of rotatable bonds is 8. The molecule has 0 unspecified atom stereocenters. The maximum Gasteiger partial charge on any atom is 0.315 e. The number of methoxy groups -OCH3 is 1. The Morgan fingerprint density at radius 3 is 2.53 bits per heavy atom. The lowest BCUT2D eigenvalue weighted by atomic mass is 10.1. The summed E-state index contributed by atoms with van der Waals surface area (Å²) in [5, 5.41) is 19.0. The molecule has 0 heterocycles. The smallest absolute Gasteiger partial charge is 0.315 e. The molecule has 0 fully saturated rings. The van der Waals surface area contributed by atoms with E-state index >= 15 is 0 Å². The number of para-hydroxylation sites is 1. The number of hydrogen-bond acceptors (Lipinski definition) is 6. The number of hydrogen-bond donors (Lipinski definition) is 2. The molecule has 0 spiro atoms. The summed E-state index contributed by atoms with van der Waals surface area (Å²) >= 11 is 5.19. The van der Waals surface area contributed by atoms with Crippen molar-refractivity contribution < 1.29 is 14.4 Å². The molecule has 3 aromatic rings. The van der Waals surface area contributed by atoms with E-state index in [9.17, 15) is 10.1 Å². The van der Waals surface area contributed by atoms with Gasteiger partial charge in [0.15, 0.2) is 10.9 Å². The Bertz CT molecular complexity index is 1120. The van der Waals surface area contributed by atoms with Crippen LogP contribution >= 0.6 is 12.2 Å². The van der Waals surface area contributed by atoms with E-state index < -0.39 is 4.92 Å². The lowest BCUT2D eigenvalue weighted by Crippen LogP contribution is -2.23. The number of benzene rings is 3. The molecule has 0 atom stereocenters. The minimum absolute atomic E-state index is 0.0597. The molecule has 164 valence electrons. The van der Waals surface area contributed by atoms with Crippen LogP contribution in [0.2, 0.25) is 0 Å². The van der Waals surface area contributed by atoms with E-state index in [2.05, 4.69) is 15.8 Å². The van der Waals surface area contributed by atoms with Crippen LogP contribution in [0.25, 0.3) is 0 Å². The summed E-state index contributed by atoms with van der Waals surface area (Å²) in [6, 6.07) is 20.1. The molecule has 0 aliphatic heterocycles. The summed E-state index contributed by atoms with van der Waals surface area (Å²) in [7, 11) is 1.43. The molecule has 0 aliphatic carbocycles. The third kappa shape index (κ3) is 6.26. The molecule has 0 saturated heterocycles. The second kappa shape index (κ2) is 10.9. The first-order valence-electron chi connectivity index (χ1n) is 9.66. The van der Waals surface area contributed by atoms with E-state index in [0.29, 0.717) is 5.56 Å². The van der Waals surface area contributed by atoms with Crippen molar-refractivity contribution in [3.05, 3.63) is 93.5 Å².